The van der Waals surface area contributed by atoms with E-state index in [1.807, 2.05) is 0 Å². The van der Waals surface area contributed by atoms with Crippen LogP contribution in [0.25, 0.3) is 0 Å². The molecule has 0 aromatic carbocycles. The van der Waals surface area contributed by atoms with E-state index in [1.54, 1.807) is 0 Å². The minimum atomic E-state index is 0.961. The Balaban J connectivity index is 3.70. The van der Waals surface area contributed by atoms with Crippen molar-refractivity contribution in [1.82, 2.24) is 0 Å². The van der Waals surface area contributed by atoms with Crippen LogP contribution in [-0.4, -0.2) is 0 Å². The Morgan fingerprint density at radius 3 is 1.60 bits per heavy atom. The minimum absolute atomic E-state index is 0.961. The van der Waals surface area contributed by atoms with Gasteiger partial charge >= 0.3 is 0 Å². The van der Waals surface area contributed by atoms with E-state index in [1.165, 1.54) is 89.9 Å². The lowest BCUT2D eigenvalue weighted by atomic mass is 9.82. The van der Waals surface area contributed by atoms with Crippen LogP contribution in [0, 0.1) is 11.8 Å². The molecule has 2 atom stereocenters. The van der Waals surface area contributed by atoms with Crippen LogP contribution in [0.2, 0.25) is 0 Å². The molecule has 0 fully saturated rings. The predicted octanol–water partition coefficient (Wildman–Crippen LogP) is 7.76. The third-order valence-electron chi connectivity index (χ3n) is 4.91. The van der Waals surface area contributed by atoms with E-state index in [-0.39, 0.29) is 0 Å². The maximum absolute atomic E-state index is 2.52. The third-order valence-corrected chi connectivity index (χ3v) is 4.91. The first-order valence-electron chi connectivity index (χ1n) is 9.76. The first-order valence-corrected chi connectivity index (χ1v) is 9.76. The molecule has 0 aliphatic rings. The van der Waals surface area contributed by atoms with Gasteiger partial charge in [0.25, 0.3) is 0 Å². The van der Waals surface area contributed by atoms with Crippen molar-refractivity contribution in [1.29, 1.82) is 0 Å². The molecule has 2 unspecified atom stereocenters. The fraction of sp³-hybridized carbons (Fsp3) is 1.00. The van der Waals surface area contributed by atoms with Gasteiger partial charge in [0.2, 0.25) is 0 Å². The molecule has 0 aromatic heterocycles. The van der Waals surface area contributed by atoms with Gasteiger partial charge in [0.05, 0.1) is 0 Å². The second-order valence-electron chi connectivity index (χ2n) is 6.93. The molecule has 0 aromatic rings. The highest BCUT2D eigenvalue weighted by Crippen LogP contribution is 2.28. The van der Waals surface area contributed by atoms with Crippen LogP contribution in [0.1, 0.15) is 118 Å². The molecular formula is C20H42. The van der Waals surface area contributed by atoms with Crippen molar-refractivity contribution in [3.05, 3.63) is 0 Å². The molecule has 0 aliphatic carbocycles. The molecule has 0 N–H and O–H groups in total. The summed E-state index contributed by atoms with van der Waals surface area (Å²) in [7, 11) is 0. The fourth-order valence-electron chi connectivity index (χ4n) is 3.40. The highest BCUT2D eigenvalue weighted by atomic mass is 14.2. The molecule has 0 heteroatoms. The summed E-state index contributed by atoms with van der Waals surface area (Å²) in [4.78, 5) is 0. The zero-order valence-electron chi connectivity index (χ0n) is 15.1. The highest BCUT2D eigenvalue weighted by molar-refractivity contribution is 4.67. The van der Waals surface area contributed by atoms with E-state index < -0.39 is 0 Å². The maximum Gasteiger partial charge on any atom is -0.0389 e. The SMILES string of the molecule is CCCCCCCCC(C)C(CCC)CCCCCC. The molecular weight excluding hydrogens is 240 g/mol. The molecule has 0 amide bonds. The summed E-state index contributed by atoms with van der Waals surface area (Å²) in [6.45, 7) is 9.49. The average molecular weight is 283 g/mol. The van der Waals surface area contributed by atoms with Gasteiger partial charge in [-0.15, -0.1) is 0 Å². The summed E-state index contributed by atoms with van der Waals surface area (Å²) >= 11 is 0. The lowest BCUT2D eigenvalue weighted by molar-refractivity contribution is 0.280. The second-order valence-corrected chi connectivity index (χ2v) is 6.93. The van der Waals surface area contributed by atoms with Gasteiger partial charge in [-0.1, -0.05) is 118 Å². The first kappa shape index (κ1) is 20.0. The largest absolute Gasteiger partial charge is 0.0654 e. The molecule has 0 saturated carbocycles. The highest BCUT2D eigenvalue weighted by Gasteiger charge is 2.15. The standard InChI is InChI=1S/C20H42/c1-5-8-10-12-13-14-17-19(4)20(16-7-3)18-15-11-9-6-2/h19-20H,5-18H2,1-4H3. The summed E-state index contributed by atoms with van der Waals surface area (Å²) in [6.07, 6.45) is 20.2. The summed E-state index contributed by atoms with van der Waals surface area (Å²) in [5.74, 6) is 1.97. The Morgan fingerprint density at radius 2 is 1.00 bits per heavy atom. The molecule has 0 bridgehead atoms. The van der Waals surface area contributed by atoms with Crippen molar-refractivity contribution in [2.75, 3.05) is 0 Å². The molecule has 0 aliphatic heterocycles. The van der Waals surface area contributed by atoms with Crippen molar-refractivity contribution in [2.45, 2.75) is 118 Å². The van der Waals surface area contributed by atoms with Gasteiger partial charge in [-0.25, -0.2) is 0 Å². The van der Waals surface area contributed by atoms with Gasteiger partial charge in [0, 0.05) is 0 Å². The van der Waals surface area contributed by atoms with Crippen LogP contribution < -0.4 is 0 Å². The second kappa shape index (κ2) is 15.4. The Morgan fingerprint density at radius 1 is 0.500 bits per heavy atom. The van der Waals surface area contributed by atoms with Crippen molar-refractivity contribution >= 4 is 0 Å². The predicted molar refractivity (Wildman–Crippen MR) is 94.3 cm³/mol. The molecule has 122 valence electrons. The first-order chi connectivity index (χ1) is 9.76. The van der Waals surface area contributed by atoms with Crippen molar-refractivity contribution in [3.8, 4) is 0 Å². The number of hydrogen-bond donors (Lipinski definition) is 0. The Kier molecular flexibility index (Phi) is 15.4. The monoisotopic (exact) mass is 282 g/mol. The molecule has 0 radical (unpaired) electrons. The summed E-state index contributed by atoms with van der Waals surface area (Å²) in [6, 6.07) is 0. The van der Waals surface area contributed by atoms with Crippen molar-refractivity contribution in [2.24, 2.45) is 11.8 Å². The van der Waals surface area contributed by atoms with Crippen molar-refractivity contribution in [3.63, 3.8) is 0 Å². The normalized spacial score (nSPS) is 14.4. The van der Waals surface area contributed by atoms with Crippen LogP contribution in [0.3, 0.4) is 0 Å². The van der Waals surface area contributed by atoms with E-state index >= 15 is 0 Å². The van der Waals surface area contributed by atoms with Crippen LogP contribution in [-0.2, 0) is 0 Å². The van der Waals surface area contributed by atoms with E-state index in [2.05, 4.69) is 27.7 Å². The molecule has 0 heterocycles. The van der Waals surface area contributed by atoms with E-state index in [0.717, 1.165) is 11.8 Å². The lowest BCUT2D eigenvalue weighted by Gasteiger charge is -2.24. The molecule has 0 saturated heterocycles. The van der Waals surface area contributed by atoms with Gasteiger partial charge in [0.1, 0.15) is 0 Å². The smallest absolute Gasteiger partial charge is 0.0389 e. The van der Waals surface area contributed by atoms with Gasteiger partial charge in [-0.05, 0) is 11.8 Å². The Labute approximate surface area is 130 Å². The zero-order chi connectivity index (χ0) is 15.1. The van der Waals surface area contributed by atoms with Gasteiger partial charge in [-0.3, -0.25) is 0 Å². The van der Waals surface area contributed by atoms with Crippen LogP contribution in [0.5, 0.6) is 0 Å². The Bertz CT molecular complexity index is 173. The van der Waals surface area contributed by atoms with Crippen LogP contribution in [0.15, 0.2) is 0 Å². The van der Waals surface area contributed by atoms with Gasteiger partial charge < -0.3 is 0 Å². The topological polar surface area (TPSA) is 0 Å². The summed E-state index contributed by atoms with van der Waals surface area (Å²) in [5.41, 5.74) is 0. The fourth-order valence-corrected chi connectivity index (χ4v) is 3.40. The number of rotatable bonds is 15. The molecule has 0 nitrogen and oxygen atoms in total. The van der Waals surface area contributed by atoms with E-state index in [4.69, 9.17) is 0 Å². The van der Waals surface area contributed by atoms with E-state index in [9.17, 15) is 0 Å². The van der Waals surface area contributed by atoms with Gasteiger partial charge in [0.15, 0.2) is 0 Å². The molecule has 0 rings (SSSR count). The summed E-state index contributed by atoms with van der Waals surface area (Å²) in [5, 5.41) is 0. The minimum Gasteiger partial charge on any atom is -0.0654 e. The quantitative estimate of drug-likeness (QED) is 0.269. The molecule has 20 heavy (non-hydrogen) atoms. The lowest BCUT2D eigenvalue weighted by Crippen LogP contribution is -2.12. The maximum atomic E-state index is 2.52. The van der Waals surface area contributed by atoms with E-state index in [0.29, 0.717) is 0 Å². The number of hydrogen-bond acceptors (Lipinski definition) is 0. The summed E-state index contributed by atoms with van der Waals surface area (Å²) < 4.78 is 0. The number of unbranched alkanes of at least 4 members (excludes halogenated alkanes) is 8. The third kappa shape index (κ3) is 11.8. The van der Waals surface area contributed by atoms with Gasteiger partial charge in [-0.2, -0.15) is 0 Å². The molecule has 0 spiro atoms. The van der Waals surface area contributed by atoms with Crippen LogP contribution in [0.4, 0.5) is 0 Å². The average Bonchev–Trinajstić information content (AvgIpc) is 2.45. The van der Waals surface area contributed by atoms with Crippen molar-refractivity contribution < 1.29 is 0 Å². The zero-order valence-corrected chi connectivity index (χ0v) is 15.1. The van der Waals surface area contributed by atoms with Crippen LogP contribution >= 0.6 is 0 Å². The Hall–Kier alpha value is 0.